The molecule has 0 aliphatic rings. The highest BCUT2D eigenvalue weighted by Crippen LogP contribution is 2.28. The third kappa shape index (κ3) is 2.48. The summed E-state index contributed by atoms with van der Waals surface area (Å²) >= 11 is 1.69. The Hall–Kier alpha value is -0.470. The maximum absolute atomic E-state index is 9.75. The Morgan fingerprint density at radius 3 is 2.69 bits per heavy atom. The Balaban J connectivity index is 3.07. The van der Waals surface area contributed by atoms with E-state index >= 15 is 0 Å². The quantitative estimate of drug-likeness (QED) is 0.749. The second-order valence-corrected chi connectivity index (χ2v) is 4.02. The molecule has 1 atom stereocenters. The van der Waals surface area contributed by atoms with Gasteiger partial charge in [-0.25, -0.2) is 0 Å². The average Bonchev–Trinajstić information content (AvgIpc) is 2.16. The minimum absolute atomic E-state index is 0.317. The van der Waals surface area contributed by atoms with Gasteiger partial charge in [-0.3, -0.25) is 0 Å². The summed E-state index contributed by atoms with van der Waals surface area (Å²) in [5.74, 6) is 0. The Morgan fingerprint density at radius 2 is 2.15 bits per heavy atom. The normalized spacial score (nSPS) is 12.9. The van der Waals surface area contributed by atoms with Crippen molar-refractivity contribution >= 4 is 11.8 Å². The maximum atomic E-state index is 9.75. The lowest BCUT2D eigenvalue weighted by Gasteiger charge is -2.13. The standard InChI is InChI=1S/C11H16OS/c1-4-10(12)9-7-8(2)5-6-11(9)13-3/h5-7,10,12H,4H2,1-3H3. The molecule has 1 N–H and O–H groups in total. The van der Waals surface area contributed by atoms with E-state index in [2.05, 4.69) is 25.1 Å². The summed E-state index contributed by atoms with van der Waals surface area (Å²) in [6.07, 6.45) is 2.50. The molecule has 1 aromatic rings. The highest BCUT2D eigenvalue weighted by Gasteiger charge is 2.09. The van der Waals surface area contributed by atoms with Crippen LogP contribution >= 0.6 is 11.8 Å². The number of hydrogen-bond acceptors (Lipinski definition) is 2. The van der Waals surface area contributed by atoms with E-state index < -0.39 is 0 Å². The van der Waals surface area contributed by atoms with Crippen LogP contribution in [-0.2, 0) is 0 Å². The molecule has 0 saturated carbocycles. The summed E-state index contributed by atoms with van der Waals surface area (Å²) in [6, 6.07) is 6.23. The van der Waals surface area contributed by atoms with Gasteiger partial charge in [0.05, 0.1) is 6.10 Å². The second-order valence-electron chi connectivity index (χ2n) is 3.17. The van der Waals surface area contributed by atoms with Gasteiger partial charge in [-0.1, -0.05) is 24.6 Å². The van der Waals surface area contributed by atoms with Crippen LogP contribution in [0.15, 0.2) is 23.1 Å². The molecule has 2 heteroatoms. The van der Waals surface area contributed by atoms with E-state index in [1.54, 1.807) is 11.8 Å². The van der Waals surface area contributed by atoms with Gasteiger partial charge >= 0.3 is 0 Å². The molecule has 0 aromatic heterocycles. The van der Waals surface area contributed by atoms with Crippen molar-refractivity contribution < 1.29 is 5.11 Å². The number of aliphatic hydroxyl groups is 1. The lowest BCUT2D eigenvalue weighted by atomic mass is 10.1. The van der Waals surface area contributed by atoms with Crippen molar-refractivity contribution in [2.75, 3.05) is 6.26 Å². The molecule has 1 nitrogen and oxygen atoms in total. The fourth-order valence-electron chi connectivity index (χ4n) is 1.33. The van der Waals surface area contributed by atoms with Crippen LogP contribution < -0.4 is 0 Å². The monoisotopic (exact) mass is 196 g/mol. The van der Waals surface area contributed by atoms with Crippen molar-refractivity contribution in [3.8, 4) is 0 Å². The zero-order valence-corrected chi connectivity index (χ0v) is 9.19. The number of benzene rings is 1. The Kier molecular flexibility index (Phi) is 3.82. The number of aliphatic hydroxyl groups excluding tert-OH is 1. The number of aryl methyl sites for hydroxylation is 1. The van der Waals surface area contributed by atoms with Crippen LogP contribution in [0.4, 0.5) is 0 Å². The molecule has 0 saturated heterocycles. The van der Waals surface area contributed by atoms with E-state index in [4.69, 9.17) is 0 Å². The first-order valence-electron chi connectivity index (χ1n) is 4.51. The van der Waals surface area contributed by atoms with Crippen molar-refractivity contribution in [3.05, 3.63) is 29.3 Å². The van der Waals surface area contributed by atoms with Crippen molar-refractivity contribution in [3.63, 3.8) is 0 Å². The van der Waals surface area contributed by atoms with Gasteiger partial charge in [0, 0.05) is 4.90 Å². The van der Waals surface area contributed by atoms with Gasteiger partial charge < -0.3 is 5.11 Å². The largest absolute Gasteiger partial charge is 0.388 e. The first-order valence-corrected chi connectivity index (χ1v) is 5.74. The zero-order chi connectivity index (χ0) is 9.84. The molecule has 13 heavy (non-hydrogen) atoms. The van der Waals surface area contributed by atoms with Crippen LogP contribution in [0.2, 0.25) is 0 Å². The van der Waals surface area contributed by atoms with Crippen LogP contribution in [0.25, 0.3) is 0 Å². The van der Waals surface area contributed by atoms with Crippen LogP contribution in [-0.4, -0.2) is 11.4 Å². The molecule has 0 radical (unpaired) electrons. The molecule has 0 aliphatic heterocycles. The molecule has 0 aliphatic carbocycles. The van der Waals surface area contributed by atoms with E-state index in [0.29, 0.717) is 0 Å². The number of thioether (sulfide) groups is 1. The SMILES string of the molecule is CCC(O)c1cc(C)ccc1SC. The van der Waals surface area contributed by atoms with Crippen molar-refractivity contribution in [1.82, 2.24) is 0 Å². The van der Waals surface area contributed by atoms with Gasteiger partial charge in [-0.15, -0.1) is 11.8 Å². The maximum Gasteiger partial charge on any atom is 0.0798 e. The lowest BCUT2D eigenvalue weighted by Crippen LogP contribution is -1.97. The number of hydrogen-bond donors (Lipinski definition) is 1. The van der Waals surface area contributed by atoms with E-state index in [-0.39, 0.29) is 6.10 Å². The average molecular weight is 196 g/mol. The Bertz CT molecular complexity index is 283. The van der Waals surface area contributed by atoms with Gasteiger partial charge in [-0.2, -0.15) is 0 Å². The number of rotatable bonds is 3. The first-order chi connectivity index (χ1) is 6.19. The smallest absolute Gasteiger partial charge is 0.0798 e. The minimum Gasteiger partial charge on any atom is -0.388 e. The molecule has 1 rings (SSSR count). The molecule has 72 valence electrons. The predicted octanol–water partition coefficient (Wildman–Crippen LogP) is 3.16. The zero-order valence-electron chi connectivity index (χ0n) is 8.37. The summed E-state index contributed by atoms with van der Waals surface area (Å²) in [4.78, 5) is 1.18. The summed E-state index contributed by atoms with van der Waals surface area (Å²) in [6.45, 7) is 4.05. The fraction of sp³-hybridized carbons (Fsp3) is 0.455. The van der Waals surface area contributed by atoms with Crippen LogP contribution in [0, 0.1) is 6.92 Å². The van der Waals surface area contributed by atoms with E-state index in [0.717, 1.165) is 12.0 Å². The van der Waals surface area contributed by atoms with Gasteiger partial charge in [-0.05, 0) is 31.2 Å². The highest BCUT2D eigenvalue weighted by atomic mass is 32.2. The highest BCUT2D eigenvalue weighted by molar-refractivity contribution is 7.98. The topological polar surface area (TPSA) is 20.2 Å². The van der Waals surface area contributed by atoms with Crippen LogP contribution in [0.3, 0.4) is 0 Å². The molecule has 0 amide bonds. The molecule has 1 aromatic carbocycles. The first kappa shape index (κ1) is 10.6. The van der Waals surface area contributed by atoms with Crippen LogP contribution in [0.5, 0.6) is 0 Å². The molecule has 0 bridgehead atoms. The summed E-state index contributed by atoms with van der Waals surface area (Å²) in [7, 11) is 0. The Morgan fingerprint density at radius 1 is 1.46 bits per heavy atom. The molecule has 0 fully saturated rings. The van der Waals surface area contributed by atoms with Gasteiger partial charge in [0.15, 0.2) is 0 Å². The summed E-state index contributed by atoms with van der Waals surface area (Å²) in [5.41, 5.74) is 2.27. The predicted molar refractivity (Wildman–Crippen MR) is 58.2 cm³/mol. The Labute approximate surface area is 84.2 Å². The lowest BCUT2D eigenvalue weighted by molar-refractivity contribution is 0.171. The summed E-state index contributed by atoms with van der Waals surface area (Å²) < 4.78 is 0. The van der Waals surface area contributed by atoms with E-state index in [1.807, 2.05) is 13.2 Å². The molecule has 1 unspecified atom stereocenters. The van der Waals surface area contributed by atoms with Crippen molar-refractivity contribution in [2.24, 2.45) is 0 Å². The summed E-state index contributed by atoms with van der Waals surface area (Å²) in [5, 5.41) is 9.75. The van der Waals surface area contributed by atoms with Gasteiger partial charge in [0.2, 0.25) is 0 Å². The van der Waals surface area contributed by atoms with Gasteiger partial charge in [0.25, 0.3) is 0 Å². The van der Waals surface area contributed by atoms with E-state index in [1.165, 1.54) is 10.5 Å². The van der Waals surface area contributed by atoms with Crippen molar-refractivity contribution in [2.45, 2.75) is 31.3 Å². The minimum atomic E-state index is -0.317. The second kappa shape index (κ2) is 4.68. The molecule has 0 spiro atoms. The molecular weight excluding hydrogens is 180 g/mol. The van der Waals surface area contributed by atoms with Crippen LogP contribution in [0.1, 0.15) is 30.6 Å². The third-order valence-electron chi connectivity index (χ3n) is 2.13. The van der Waals surface area contributed by atoms with Gasteiger partial charge in [0.1, 0.15) is 0 Å². The van der Waals surface area contributed by atoms with E-state index in [9.17, 15) is 5.11 Å². The van der Waals surface area contributed by atoms with Crippen molar-refractivity contribution in [1.29, 1.82) is 0 Å². The molecular formula is C11H16OS. The molecule has 0 heterocycles. The fourth-order valence-corrected chi connectivity index (χ4v) is 1.97. The third-order valence-corrected chi connectivity index (χ3v) is 2.94.